The lowest BCUT2D eigenvalue weighted by Crippen LogP contribution is -2.29. The third-order valence-corrected chi connectivity index (χ3v) is 6.81. The molecule has 0 bridgehead atoms. The monoisotopic (exact) mass is 479 g/mol. The van der Waals surface area contributed by atoms with Crippen LogP contribution in [0.3, 0.4) is 0 Å². The lowest BCUT2D eigenvalue weighted by atomic mass is 10.0. The highest BCUT2D eigenvalue weighted by Gasteiger charge is 2.18. The minimum atomic E-state index is -3.78. The molecule has 8 heteroatoms. The van der Waals surface area contributed by atoms with Crippen molar-refractivity contribution < 1.29 is 18.0 Å². The number of carbonyl (C=O) groups excluding carboxylic acids is 2. The standard InChI is InChI=1S/C26H29N3O4S/c1-17-8-11-21(12-9-17)25(27-20(4)30)16-26(31)28-22-6-5-7-23(15-22)29-34(32,33)24-13-10-18(2)19(3)14-24/h5-15,25,29H,16H2,1-4H3,(H,27,30)(H,28,31)/t25-/m0/s1. The van der Waals surface area contributed by atoms with Crippen molar-refractivity contribution >= 4 is 33.2 Å². The largest absolute Gasteiger partial charge is 0.349 e. The predicted octanol–water partition coefficient (Wildman–Crippen LogP) is 4.62. The molecule has 0 radical (unpaired) electrons. The Balaban J connectivity index is 1.72. The Kier molecular flexibility index (Phi) is 7.73. The fraction of sp³-hybridized carbons (Fsp3) is 0.231. The first-order valence-electron chi connectivity index (χ1n) is 10.9. The van der Waals surface area contributed by atoms with Crippen LogP contribution in [0.15, 0.2) is 71.6 Å². The van der Waals surface area contributed by atoms with Crippen molar-refractivity contribution in [3.63, 3.8) is 0 Å². The lowest BCUT2D eigenvalue weighted by molar-refractivity contribution is -0.120. The number of hydrogen-bond acceptors (Lipinski definition) is 4. The molecule has 0 heterocycles. The molecule has 3 aromatic carbocycles. The van der Waals surface area contributed by atoms with Gasteiger partial charge in [-0.15, -0.1) is 0 Å². The van der Waals surface area contributed by atoms with Crippen LogP contribution in [0.5, 0.6) is 0 Å². The van der Waals surface area contributed by atoms with Crippen LogP contribution in [0.1, 0.15) is 41.6 Å². The molecule has 3 aromatic rings. The van der Waals surface area contributed by atoms with Crippen LogP contribution in [0.2, 0.25) is 0 Å². The second kappa shape index (κ2) is 10.5. The third kappa shape index (κ3) is 6.68. The number of hydrogen-bond donors (Lipinski definition) is 3. The molecule has 0 aliphatic rings. The van der Waals surface area contributed by atoms with E-state index in [2.05, 4.69) is 15.4 Å². The summed E-state index contributed by atoms with van der Waals surface area (Å²) in [6, 6.07) is 18.6. The molecule has 3 N–H and O–H groups in total. The van der Waals surface area contributed by atoms with E-state index in [0.29, 0.717) is 11.4 Å². The van der Waals surface area contributed by atoms with E-state index >= 15 is 0 Å². The molecular formula is C26H29N3O4S. The number of anilines is 2. The van der Waals surface area contributed by atoms with Gasteiger partial charge in [0.1, 0.15) is 0 Å². The van der Waals surface area contributed by atoms with E-state index in [9.17, 15) is 18.0 Å². The van der Waals surface area contributed by atoms with Gasteiger partial charge in [-0.05, 0) is 67.8 Å². The van der Waals surface area contributed by atoms with Gasteiger partial charge in [0, 0.05) is 12.6 Å². The first-order valence-corrected chi connectivity index (χ1v) is 12.4. The highest BCUT2D eigenvalue weighted by molar-refractivity contribution is 7.92. The molecule has 7 nitrogen and oxygen atoms in total. The molecule has 34 heavy (non-hydrogen) atoms. The molecule has 1 atom stereocenters. The Hall–Kier alpha value is -3.65. The zero-order valence-corrected chi connectivity index (χ0v) is 20.5. The molecule has 2 amide bonds. The molecule has 0 unspecified atom stereocenters. The Morgan fingerprint density at radius 1 is 0.853 bits per heavy atom. The minimum absolute atomic E-state index is 0.0290. The summed E-state index contributed by atoms with van der Waals surface area (Å²) in [7, 11) is -3.78. The number of nitrogens with one attached hydrogen (secondary N) is 3. The Morgan fingerprint density at radius 3 is 2.18 bits per heavy atom. The summed E-state index contributed by atoms with van der Waals surface area (Å²) in [5, 5.41) is 5.59. The van der Waals surface area contributed by atoms with Gasteiger partial charge in [0.25, 0.3) is 10.0 Å². The van der Waals surface area contributed by atoms with Crippen molar-refractivity contribution in [3.05, 3.63) is 89.0 Å². The second-order valence-electron chi connectivity index (χ2n) is 8.35. The second-order valence-corrected chi connectivity index (χ2v) is 10.0. The molecule has 0 fully saturated rings. The normalized spacial score (nSPS) is 12.0. The van der Waals surface area contributed by atoms with E-state index in [1.54, 1.807) is 42.5 Å². The maximum atomic E-state index is 12.8. The number of carbonyl (C=O) groups is 2. The van der Waals surface area contributed by atoms with Gasteiger partial charge in [0.15, 0.2) is 0 Å². The minimum Gasteiger partial charge on any atom is -0.349 e. The van der Waals surface area contributed by atoms with Crippen molar-refractivity contribution in [2.45, 2.75) is 45.1 Å². The fourth-order valence-electron chi connectivity index (χ4n) is 3.45. The molecule has 0 aromatic heterocycles. The summed E-state index contributed by atoms with van der Waals surface area (Å²) in [6.07, 6.45) is 0.0290. The van der Waals surface area contributed by atoms with Gasteiger partial charge in [-0.1, -0.05) is 42.0 Å². The smallest absolute Gasteiger partial charge is 0.261 e. The summed E-state index contributed by atoms with van der Waals surface area (Å²) >= 11 is 0. The summed E-state index contributed by atoms with van der Waals surface area (Å²) in [5.41, 5.74) is 4.56. The quantitative estimate of drug-likeness (QED) is 0.438. The van der Waals surface area contributed by atoms with Crippen LogP contribution in [0, 0.1) is 20.8 Å². The van der Waals surface area contributed by atoms with Crippen LogP contribution < -0.4 is 15.4 Å². The Bertz CT molecular complexity index is 1300. The van der Waals surface area contributed by atoms with Gasteiger partial charge in [-0.25, -0.2) is 8.42 Å². The van der Waals surface area contributed by atoms with Crippen LogP contribution in [0.25, 0.3) is 0 Å². The average Bonchev–Trinajstić information content (AvgIpc) is 2.75. The first kappa shape index (κ1) is 25.0. The van der Waals surface area contributed by atoms with Crippen LogP contribution >= 0.6 is 0 Å². The summed E-state index contributed by atoms with van der Waals surface area (Å²) in [4.78, 5) is 24.6. The molecule has 0 aliphatic carbocycles. The predicted molar refractivity (Wildman–Crippen MR) is 134 cm³/mol. The Labute approximate surface area is 200 Å². The van der Waals surface area contributed by atoms with Crippen LogP contribution in [-0.4, -0.2) is 20.2 Å². The van der Waals surface area contributed by atoms with Gasteiger partial charge in [0.05, 0.1) is 23.0 Å². The molecule has 0 saturated carbocycles. The topological polar surface area (TPSA) is 104 Å². The van der Waals surface area contributed by atoms with E-state index in [-0.39, 0.29) is 23.1 Å². The maximum Gasteiger partial charge on any atom is 0.261 e. The molecule has 178 valence electrons. The van der Waals surface area contributed by atoms with E-state index in [0.717, 1.165) is 22.3 Å². The van der Waals surface area contributed by atoms with Crippen LogP contribution in [0.4, 0.5) is 11.4 Å². The van der Waals surface area contributed by atoms with Crippen LogP contribution in [-0.2, 0) is 19.6 Å². The number of sulfonamides is 1. The molecular weight excluding hydrogens is 450 g/mol. The van der Waals surface area contributed by atoms with Gasteiger partial charge in [-0.3, -0.25) is 14.3 Å². The lowest BCUT2D eigenvalue weighted by Gasteiger charge is -2.18. The zero-order valence-electron chi connectivity index (χ0n) is 19.7. The molecule has 3 rings (SSSR count). The molecule has 0 spiro atoms. The third-order valence-electron chi connectivity index (χ3n) is 5.43. The Morgan fingerprint density at radius 2 is 1.53 bits per heavy atom. The average molecular weight is 480 g/mol. The van der Waals surface area contributed by atoms with E-state index < -0.39 is 16.1 Å². The number of benzene rings is 3. The molecule has 0 saturated heterocycles. The van der Waals surface area contributed by atoms with Crippen molar-refractivity contribution in [2.75, 3.05) is 10.0 Å². The summed E-state index contributed by atoms with van der Waals surface area (Å²) in [5.74, 6) is -0.547. The van der Waals surface area contributed by atoms with Crippen molar-refractivity contribution in [3.8, 4) is 0 Å². The van der Waals surface area contributed by atoms with Crippen molar-refractivity contribution in [2.24, 2.45) is 0 Å². The highest BCUT2D eigenvalue weighted by atomic mass is 32.2. The molecule has 0 aliphatic heterocycles. The number of aryl methyl sites for hydroxylation is 3. The number of rotatable bonds is 8. The fourth-order valence-corrected chi connectivity index (χ4v) is 4.58. The van der Waals surface area contributed by atoms with Crippen molar-refractivity contribution in [1.82, 2.24) is 5.32 Å². The van der Waals surface area contributed by atoms with Gasteiger partial charge >= 0.3 is 0 Å². The summed E-state index contributed by atoms with van der Waals surface area (Å²) < 4.78 is 28.1. The summed E-state index contributed by atoms with van der Waals surface area (Å²) in [6.45, 7) is 7.14. The maximum absolute atomic E-state index is 12.8. The van der Waals surface area contributed by atoms with E-state index in [1.165, 1.54) is 6.92 Å². The zero-order chi connectivity index (χ0) is 24.9. The highest BCUT2D eigenvalue weighted by Crippen LogP contribution is 2.23. The number of amides is 2. The SMILES string of the molecule is CC(=O)N[C@@H](CC(=O)Nc1cccc(NS(=O)(=O)c2ccc(C)c(C)c2)c1)c1ccc(C)cc1. The van der Waals surface area contributed by atoms with Gasteiger partial charge in [-0.2, -0.15) is 0 Å². The van der Waals surface area contributed by atoms with Crippen molar-refractivity contribution in [1.29, 1.82) is 0 Å². The van der Waals surface area contributed by atoms with Gasteiger partial charge in [0.2, 0.25) is 11.8 Å². The van der Waals surface area contributed by atoms with Gasteiger partial charge < -0.3 is 10.6 Å². The van der Waals surface area contributed by atoms with E-state index in [4.69, 9.17) is 0 Å². The van der Waals surface area contributed by atoms with E-state index in [1.807, 2.05) is 45.0 Å². The first-order chi connectivity index (χ1) is 16.0.